The van der Waals surface area contributed by atoms with Gasteiger partial charge in [0.2, 0.25) is 0 Å². The second-order valence-corrected chi connectivity index (χ2v) is 6.76. The van der Waals surface area contributed by atoms with Crippen molar-refractivity contribution in [2.24, 2.45) is 0 Å². The van der Waals surface area contributed by atoms with E-state index in [1.807, 2.05) is 32.0 Å². The van der Waals surface area contributed by atoms with Gasteiger partial charge in [-0.15, -0.1) is 0 Å². The molecule has 0 aliphatic heterocycles. The van der Waals surface area contributed by atoms with Gasteiger partial charge in [-0.25, -0.2) is 9.07 Å². The van der Waals surface area contributed by atoms with Crippen molar-refractivity contribution in [2.75, 3.05) is 5.32 Å². The lowest BCUT2D eigenvalue weighted by molar-refractivity contribution is 0.102. The number of aromatic nitrogens is 2. The van der Waals surface area contributed by atoms with E-state index < -0.39 is 0 Å². The first-order valence-corrected chi connectivity index (χ1v) is 8.79. The van der Waals surface area contributed by atoms with Gasteiger partial charge in [0.05, 0.1) is 0 Å². The van der Waals surface area contributed by atoms with Gasteiger partial charge in [-0.2, -0.15) is 5.10 Å². The van der Waals surface area contributed by atoms with Gasteiger partial charge < -0.3 is 5.32 Å². The highest BCUT2D eigenvalue weighted by Gasteiger charge is 2.27. The van der Waals surface area contributed by atoms with Crippen LogP contribution in [0.2, 0.25) is 0 Å². The minimum absolute atomic E-state index is 0.245. The summed E-state index contributed by atoms with van der Waals surface area (Å²) >= 11 is 0. The molecule has 0 fully saturated rings. The zero-order valence-electron chi connectivity index (χ0n) is 14.8. The second-order valence-electron chi connectivity index (χ2n) is 6.76. The van der Waals surface area contributed by atoms with Crippen molar-refractivity contribution in [1.29, 1.82) is 0 Å². The molecule has 0 radical (unpaired) electrons. The Kier molecular flexibility index (Phi) is 4.07. The maximum atomic E-state index is 14.2. The van der Waals surface area contributed by atoms with Gasteiger partial charge in [-0.05, 0) is 56.9 Å². The highest BCUT2D eigenvalue weighted by molar-refractivity contribution is 6.04. The summed E-state index contributed by atoms with van der Waals surface area (Å²) in [6.07, 6.45) is 2.54. The highest BCUT2D eigenvalue weighted by atomic mass is 19.1. The zero-order chi connectivity index (χ0) is 18.3. The maximum absolute atomic E-state index is 14.2. The van der Waals surface area contributed by atoms with E-state index in [-0.39, 0.29) is 11.7 Å². The number of aryl methyl sites for hydroxylation is 2. The largest absolute Gasteiger partial charge is 0.320 e. The Morgan fingerprint density at radius 1 is 1.15 bits per heavy atom. The summed E-state index contributed by atoms with van der Waals surface area (Å²) in [5, 5.41) is 7.43. The van der Waals surface area contributed by atoms with Gasteiger partial charge in [-0.3, -0.25) is 4.79 Å². The molecule has 1 amide bonds. The van der Waals surface area contributed by atoms with E-state index in [9.17, 15) is 9.18 Å². The molecule has 1 aliphatic rings. The van der Waals surface area contributed by atoms with Crippen LogP contribution < -0.4 is 5.32 Å². The third-order valence-electron chi connectivity index (χ3n) is 4.86. The first-order chi connectivity index (χ1) is 12.5. The summed E-state index contributed by atoms with van der Waals surface area (Å²) in [6, 6.07) is 12.4. The number of carbonyl (C=O) groups is 1. The van der Waals surface area contributed by atoms with E-state index in [1.54, 1.807) is 22.9 Å². The molecule has 26 heavy (non-hydrogen) atoms. The molecule has 0 atom stereocenters. The highest BCUT2D eigenvalue weighted by Crippen LogP contribution is 2.29. The molecule has 5 heteroatoms. The van der Waals surface area contributed by atoms with Gasteiger partial charge in [0.15, 0.2) is 5.69 Å². The fourth-order valence-electron chi connectivity index (χ4n) is 3.58. The normalized spacial score (nSPS) is 12.9. The topological polar surface area (TPSA) is 46.9 Å². The average Bonchev–Trinajstić information content (AvgIpc) is 3.20. The lowest BCUT2D eigenvalue weighted by Crippen LogP contribution is -2.15. The monoisotopic (exact) mass is 349 g/mol. The second kappa shape index (κ2) is 6.41. The van der Waals surface area contributed by atoms with Crippen LogP contribution in [0.25, 0.3) is 5.69 Å². The Bertz CT molecular complexity index is 1010. The first-order valence-electron chi connectivity index (χ1n) is 8.79. The Morgan fingerprint density at radius 3 is 2.73 bits per heavy atom. The van der Waals surface area contributed by atoms with Crippen LogP contribution >= 0.6 is 0 Å². The van der Waals surface area contributed by atoms with Crippen molar-refractivity contribution in [3.05, 3.63) is 76.4 Å². The van der Waals surface area contributed by atoms with E-state index in [0.29, 0.717) is 11.4 Å². The van der Waals surface area contributed by atoms with Crippen LogP contribution in [0.5, 0.6) is 0 Å². The quantitative estimate of drug-likeness (QED) is 0.763. The molecule has 1 heterocycles. The van der Waals surface area contributed by atoms with Crippen LogP contribution in [0.3, 0.4) is 0 Å². The summed E-state index contributed by atoms with van der Waals surface area (Å²) in [5.74, 6) is -0.587. The minimum Gasteiger partial charge on any atom is -0.320 e. The maximum Gasteiger partial charge on any atom is 0.276 e. The molecule has 0 spiro atoms. The lowest BCUT2D eigenvalue weighted by atomic mass is 10.1. The molecule has 1 N–H and O–H groups in total. The molecule has 4 nitrogen and oxygen atoms in total. The van der Waals surface area contributed by atoms with E-state index in [0.717, 1.165) is 47.3 Å². The van der Waals surface area contributed by atoms with Crippen LogP contribution in [0.15, 0.2) is 42.5 Å². The number of halogens is 1. The SMILES string of the molecule is Cc1ccc(NC(=O)c2nn(-c3ccccc3F)c3c2CCC3)c(C)c1. The fraction of sp³-hybridized carbons (Fsp3) is 0.238. The number of anilines is 1. The zero-order valence-corrected chi connectivity index (χ0v) is 14.8. The van der Waals surface area contributed by atoms with E-state index in [1.165, 1.54) is 6.07 Å². The summed E-state index contributed by atoms with van der Waals surface area (Å²) in [5.41, 5.74) is 5.55. The number of amides is 1. The summed E-state index contributed by atoms with van der Waals surface area (Å²) < 4.78 is 15.8. The Balaban J connectivity index is 1.72. The number of para-hydroxylation sites is 1. The number of benzene rings is 2. The number of hydrogen-bond acceptors (Lipinski definition) is 2. The summed E-state index contributed by atoms with van der Waals surface area (Å²) in [7, 11) is 0. The lowest BCUT2D eigenvalue weighted by Gasteiger charge is -2.09. The molecule has 1 aromatic heterocycles. The van der Waals surface area contributed by atoms with Crippen molar-refractivity contribution < 1.29 is 9.18 Å². The Labute approximate surface area is 151 Å². The number of rotatable bonds is 3. The van der Waals surface area contributed by atoms with Gasteiger partial charge in [0, 0.05) is 16.9 Å². The van der Waals surface area contributed by atoms with Crippen LogP contribution in [-0.2, 0) is 12.8 Å². The van der Waals surface area contributed by atoms with Crippen LogP contribution in [0, 0.1) is 19.7 Å². The van der Waals surface area contributed by atoms with E-state index >= 15 is 0 Å². The van der Waals surface area contributed by atoms with Gasteiger partial charge >= 0.3 is 0 Å². The minimum atomic E-state index is -0.342. The van der Waals surface area contributed by atoms with Crippen molar-refractivity contribution in [2.45, 2.75) is 33.1 Å². The number of hydrogen-bond donors (Lipinski definition) is 1. The third kappa shape index (κ3) is 2.79. The van der Waals surface area contributed by atoms with E-state index in [4.69, 9.17) is 0 Å². The van der Waals surface area contributed by atoms with Gasteiger partial charge in [0.25, 0.3) is 5.91 Å². The number of carbonyl (C=O) groups excluding carboxylic acids is 1. The molecule has 3 aromatic rings. The molecule has 132 valence electrons. The molecule has 0 bridgehead atoms. The smallest absolute Gasteiger partial charge is 0.276 e. The Hall–Kier alpha value is -2.95. The predicted octanol–water partition coefficient (Wildman–Crippen LogP) is 4.37. The molecule has 0 unspecified atom stereocenters. The summed E-state index contributed by atoms with van der Waals surface area (Å²) in [4.78, 5) is 12.9. The molecule has 4 rings (SSSR count). The molecule has 1 aliphatic carbocycles. The number of nitrogens with one attached hydrogen (secondary N) is 1. The third-order valence-corrected chi connectivity index (χ3v) is 4.86. The molecule has 0 saturated carbocycles. The Morgan fingerprint density at radius 2 is 1.96 bits per heavy atom. The first kappa shape index (κ1) is 16.5. The van der Waals surface area contributed by atoms with Gasteiger partial charge in [0.1, 0.15) is 11.5 Å². The van der Waals surface area contributed by atoms with Crippen molar-refractivity contribution in [3.8, 4) is 5.69 Å². The molecule has 0 saturated heterocycles. The predicted molar refractivity (Wildman–Crippen MR) is 99.4 cm³/mol. The van der Waals surface area contributed by atoms with Crippen molar-refractivity contribution in [3.63, 3.8) is 0 Å². The van der Waals surface area contributed by atoms with Crippen LogP contribution in [-0.4, -0.2) is 15.7 Å². The van der Waals surface area contributed by atoms with Crippen molar-refractivity contribution in [1.82, 2.24) is 9.78 Å². The fourth-order valence-corrected chi connectivity index (χ4v) is 3.58. The molecule has 2 aromatic carbocycles. The number of nitrogens with zero attached hydrogens (tertiary/aromatic N) is 2. The molecular weight excluding hydrogens is 329 g/mol. The molecular formula is C21H20FN3O. The van der Waals surface area contributed by atoms with Crippen LogP contribution in [0.4, 0.5) is 10.1 Å². The standard InChI is InChI=1S/C21H20FN3O/c1-13-10-11-17(14(2)12-13)23-21(26)20-15-6-5-9-18(15)25(24-20)19-8-4-3-7-16(19)22/h3-4,7-8,10-12H,5-6,9H2,1-2H3,(H,23,26). The van der Waals surface area contributed by atoms with Crippen LogP contribution in [0.1, 0.15) is 39.3 Å². The van der Waals surface area contributed by atoms with E-state index in [2.05, 4.69) is 10.4 Å². The summed E-state index contributed by atoms with van der Waals surface area (Å²) in [6.45, 7) is 3.98. The van der Waals surface area contributed by atoms with Crippen molar-refractivity contribution >= 4 is 11.6 Å². The van der Waals surface area contributed by atoms with Gasteiger partial charge in [-0.1, -0.05) is 29.8 Å². The number of fused-ring (bicyclic) bond motifs is 1. The average molecular weight is 349 g/mol.